The molecule has 0 saturated heterocycles. The Morgan fingerprint density at radius 2 is 1.71 bits per heavy atom. The van der Waals surface area contributed by atoms with Gasteiger partial charge in [0.15, 0.2) is 11.6 Å². The van der Waals surface area contributed by atoms with Gasteiger partial charge in [0.2, 0.25) is 0 Å². The number of hydrogen-bond acceptors (Lipinski definition) is 2. The zero-order valence-electron chi connectivity index (χ0n) is 11.1. The molecule has 0 aliphatic rings. The monoisotopic (exact) mass is 306 g/mol. The van der Waals surface area contributed by atoms with Crippen LogP contribution in [-0.4, -0.2) is 11.8 Å². The largest absolute Gasteiger partial charge is 0.323 e. The molecule has 2 rings (SSSR count). The van der Waals surface area contributed by atoms with Crippen molar-refractivity contribution < 1.29 is 14.0 Å². The Morgan fingerprint density at radius 3 is 2.33 bits per heavy atom. The van der Waals surface area contributed by atoms with Crippen LogP contribution in [0.5, 0.6) is 0 Å². The average molecular weight is 307 g/mol. The highest BCUT2D eigenvalue weighted by molar-refractivity contribution is 6.31. The zero-order chi connectivity index (χ0) is 15.4. The topological polar surface area (TPSA) is 58.2 Å². The van der Waals surface area contributed by atoms with Crippen molar-refractivity contribution in [3.8, 4) is 0 Å². The van der Waals surface area contributed by atoms with Crippen LogP contribution in [0.2, 0.25) is 5.02 Å². The molecule has 0 bridgehead atoms. The Kier molecular flexibility index (Phi) is 4.55. The van der Waals surface area contributed by atoms with E-state index in [1.54, 1.807) is 24.3 Å². The minimum absolute atomic E-state index is 0.0136. The molecule has 0 aliphatic heterocycles. The number of urea groups is 1. The molecular formula is C15H12ClFN2O2. The standard InChI is InChI=1S/C15H12ClFN2O2/c1-9(20)10-5-7-11(8-6-10)18-15(21)19-13-4-2-3-12(16)14(13)17/h2-8H,1H3,(H2,18,19,21). The van der Waals surface area contributed by atoms with Gasteiger partial charge >= 0.3 is 6.03 Å². The van der Waals surface area contributed by atoms with Crippen molar-refractivity contribution in [2.24, 2.45) is 0 Å². The molecule has 108 valence electrons. The molecular weight excluding hydrogens is 295 g/mol. The minimum Gasteiger partial charge on any atom is -0.308 e. The number of nitrogens with one attached hydrogen (secondary N) is 2. The smallest absolute Gasteiger partial charge is 0.308 e. The van der Waals surface area contributed by atoms with Gasteiger partial charge in [-0.25, -0.2) is 9.18 Å². The molecule has 0 atom stereocenters. The Bertz CT molecular complexity index is 687. The molecule has 6 heteroatoms. The van der Waals surface area contributed by atoms with Crippen molar-refractivity contribution in [3.63, 3.8) is 0 Å². The zero-order valence-corrected chi connectivity index (χ0v) is 11.9. The lowest BCUT2D eigenvalue weighted by Gasteiger charge is -2.09. The number of ketones is 1. The molecule has 0 aliphatic carbocycles. The van der Waals surface area contributed by atoms with Crippen LogP contribution in [0.15, 0.2) is 42.5 Å². The van der Waals surface area contributed by atoms with Gasteiger partial charge in [0.05, 0.1) is 10.7 Å². The maximum absolute atomic E-state index is 13.6. The molecule has 0 fully saturated rings. The molecule has 0 saturated carbocycles. The van der Waals surface area contributed by atoms with E-state index in [9.17, 15) is 14.0 Å². The first-order chi connectivity index (χ1) is 9.97. The van der Waals surface area contributed by atoms with Crippen LogP contribution in [0.4, 0.5) is 20.6 Å². The van der Waals surface area contributed by atoms with E-state index in [0.717, 1.165) is 0 Å². The summed E-state index contributed by atoms with van der Waals surface area (Å²) in [4.78, 5) is 22.9. The molecule has 2 N–H and O–H groups in total. The number of Topliss-reactive ketones (excluding diaryl/α,β-unsaturated/α-hetero) is 1. The lowest BCUT2D eigenvalue weighted by molar-refractivity contribution is 0.101. The fraction of sp³-hybridized carbons (Fsp3) is 0.0667. The molecule has 2 amide bonds. The minimum atomic E-state index is -0.693. The van der Waals surface area contributed by atoms with Gasteiger partial charge in [-0.2, -0.15) is 0 Å². The summed E-state index contributed by atoms with van der Waals surface area (Å²) in [5.41, 5.74) is 1.02. The number of hydrogen-bond donors (Lipinski definition) is 2. The summed E-state index contributed by atoms with van der Waals surface area (Å²) in [6, 6.07) is 10.1. The molecule has 0 unspecified atom stereocenters. The van der Waals surface area contributed by atoms with Gasteiger partial charge in [-0.1, -0.05) is 17.7 Å². The SMILES string of the molecule is CC(=O)c1ccc(NC(=O)Nc2cccc(Cl)c2F)cc1. The van der Waals surface area contributed by atoms with E-state index < -0.39 is 11.8 Å². The van der Waals surface area contributed by atoms with Gasteiger partial charge in [0.1, 0.15) is 0 Å². The first kappa shape index (κ1) is 15.0. The van der Waals surface area contributed by atoms with Gasteiger partial charge in [0.25, 0.3) is 0 Å². The van der Waals surface area contributed by atoms with Crippen molar-refractivity contribution in [2.75, 3.05) is 10.6 Å². The highest BCUT2D eigenvalue weighted by Crippen LogP contribution is 2.22. The van der Waals surface area contributed by atoms with E-state index in [0.29, 0.717) is 11.3 Å². The second kappa shape index (κ2) is 6.37. The fourth-order valence-corrected chi connectivity index (χ4v) is 1.85. The van der Waals surface area contributed by atoms with E-state index in [1.165, 1.54) is 25.1 Å². The number of carbonyl (C=O) groups is 2. The van der Waals surface area contributed by atoms with Crippen molar-refractivity contribution >= 4 is 34.8 Å². The second-order valence-electron chi connectivity index (χ2n) is 4.31. The number of carbonyl (C=O) groups excluding carboxylic acids is 2. The lowest BCUT2D eigenvalue weighted by atomic mass is 10.1. The van der Waals surface area contributed by atoms with Crippen LogP contribution in [0.3, 0.4) is 0 Å². The number of anilines is 2. The molecule has 0 heterocycles. The van der Waals surface area contributed by atoms with Gasteiger partial charge < -0.3 is 10.6 Å². The van der Waals surface area contributed by atoms with Gasteiger partial charge in [-0.15, -0.1) is 0 Å². The quantitative estimate of drug-likeness (QED) is 0.829. The maximum Gasteiger partial charge on any atom is 0.323 e. The predicted molar refractivity (Wildman–Crippen MR) is 80.5 cm³/mol. The number of halogens is 2. The molecule has 0 spiro atoms. The van der Waals surface area contributed by atoms with E-state index in [-0.39, 0.29) is 16.5 Å². The third-order valence-corrected chi connectivity index (χ3v) is 3.04. The van der Waals surface area contributed by atoms with Gasteiger partial charge in [-0.05, 0) is 43.3 Å². The van der Waals surface area contributed by atoms with E-state index >= 15 is 0 Å². The summed E-state index contributed by atoms with van der Waals surface area (Å²) < 4.78 is 13.6. The van der Waals surface area contributed by atoms with Crippen molar-refractivity contribution in [3.05, 3.63) is 58.9 Å². The van der Waals surface area contributed by atoms with Crippen molar-refractivity contribution in [1.82, 2.24) is 0 Å². The van der Waals surface area contributed by atoms with Crippen LogP contribution < -0.4 is 10.6 Å². The van der Waals surface area contributed by atoms with E-state index in [1.807, 2.05) is 0 Å². The van der Waals surface area contributed by atoms with Gasteiger partial charge in [0, 0.05) is 11.3 Å². The van der Waals surface area contributed by atoms with Crippen LogP contribution in [-0.2, 0) is 0 Å². The molecule has 2 aromatic rings. The first-order valence-electron chi connectivity index (χ1n) is 6.10. The number of rotatable bonds is 3. The summed E-state index contributed by atoms with van der Waals surface area (Å²) in [5.74, 6) is -0.756. The van der Waals surface area contributed by atoms with Gasteiger partial charge in [-0.3, -0.25) is 4.79 Å². The summed E-state index contributed by atoms with van der Waals surface area (Å²) in [6.07, 6.45) is 0. The molecule has 4 nitrogen and oxygen atoms in total. The van der Waals surface area contributed by atoms with Crippen LogP contribution in [0.25, 0.3) is 0 Å². The highest BCUT2D eigenvalue weighted by atomic mass is 35.5. The van der Waals surface area contributed by atoms with Crippen molar-refractivity contribution in [1.29, 1.82) is 0 Å². The summed E-state index contributed by atoms with van der Waals surface area (Å²) in [5, 5.41) is 4.82. The normalized spacial score (nSPS) is 10.0. The molecule has 2 aromatic carbocycles. The van der Waals surface area contributed by atoms with Crippen LogP contribution in [0.1, 0.15) is 17.3 Å². The number of amides is 2. The third kappa shape index (κ3) is 3.79. The molecule has 21 heavy (non-hydrogen) atoms. The Balaban J connectivity index is 2.04. The summed E-state index contributed by atoms with van der Waals surface area (Å²) in [7, 11) is 0. The fourth-order valence-electron chi connectivity index (χ4n) is 1.67. The molecule has 0 aromatic heterocycles. The third-order valence-electron chi connectivity index (χ3n) is 2.75. The van der Waals surface area contributed by atoms with E-state index in [4.69, 9.17) is 11.6 Å². The molecule has 0 radical (unpaired) electrons. The summed E-state index contributed by atoms with van der Waals surface area (Å²) in [6.45, 7) is 1.46. The predicted octanol–water partition coefficient (Wildman–Crippen LogP) is 4.33. The Labute approximate surface area is 125 Å². The Morgan fingerprint density at radius 1 is 1.05 bits per heavy atom. The number of benzene rings is 2. The lowest BCUT2D eigenvalue weighted by Crippen LogP contribution is -2.20. The maximum atomic E-state index is 13.6. The average Bonchev–Trinajstić information content (AvgIpc) is 2.44. The second-order valence-corrected chi connectivity index (χ2v) is 4.72. The van der Waals surface area contributed by atoms with E-state index in [2.05, 4.69) is 10.6 Å². The van der Waals surface area contributed by atoms with Crippen LogP contribution in [0, 0.1) is 5.82 Å². The Hall–Kier alpha value is -2.40. The summed E-state index contributed by atoms with van der Waals surface area (Å²) >= 11 is 5.63. The van der Waals surface area contributed by atoms with Crippen molar-refractivity contribution in [2.45, 2.75) is 6.92 Å². The van der Waals surface area contributed by atoms with Crippen LogP contribution >= 0.6 is 11.6 Å². The first-order valence-corrected chi connectivity index (χ1v) is 6.48. The highest BCUT2D eigenvalue weighted by Gasteiger charge is 2.09.